The fraction of sp³-hybridized carbons (Fsp3) is 0.560. The first-order chi connectivity index (χ1) is 17.9. The van der Waals surface area contributed by atoms with Crippen LogP contribution in [0.15, 0.2) is 28.2 Å². The standard InChI is InChI=1S/C25H32N8O5/c1-23(2)9-8-12-13(4-3-5-14(12)23)20(36)29-16-11-33-22(27)28-15(10-32-17(34)6-7-18(32)35)19-24(33,25(16,37)38)31-21(26)30-19/h3-5,15-16,19,37-38H,6-11H2,1-2H3,(H2,27,28)(H,29,36)(H3,26,30,31)/t15-,16-,19-,24?/m0/s1. The number of carbonyl (C=O) groups excluding carboxylic acids is 3. The number of nitrogens with one attached hydrogen (secondary N) is 2. The number of hydrogen-bond donors (Lipinski definition) is 6. The zero-order valence-electron chi connectivity index (χ0n) is 21.3. The van der Waals surface area contributed by atoms with Crippen LogP contribution in [0.2, 0.25) is 0 Å². The Morgan fingerprint density at radius 3 is 2.58 bits per heavy atom. The van der Waals surface area contributed by atoms with Crippen molar-refractivity contribution in [2.45, 2.75) is 74.5 Å². The zero-order valence-corrected chi connectivity index (χ0v) is 21.3. The maximum atomic E-state index is 13.5. The van der Waals surface area contributed by atoms with Gasteiger partial charge in [0.05, 0.1) is 12.6 Å². The Labute approximate surface area is 218 Å². The SMILES string of the molecule is CC1(C)CCc2c(C(=O)N[C@H]3CN4C(N)=N[C@@H](CN5C(=O)CCC5=O)[C@@H]5N=C(N)NC54C3(O)O)cccc21. The average Bonchev–Trinajstić information content (AvgIpc) is 3.54. The van der Waals surface area contributed by atoms with Crippen molar-refractivity contribution in [2.24, 2.45) is 21.5 Å². The molecule has 4 atom stereocenters. The van der Waals surface area contributed by atoms with Gasteiger partial charge in [0.25, 0.3) is 5.91 Å². The quantitative estimate of drug-likeness (QED) is 0.187. The second kappa shape index (κ2) is 7.90. The minimum absolute atomic E-state index is 0.0469. The van der Waals surface area contributed by atoms with Crippen molar-refractivity contribution in [3.05, 3.63) is 34.9 Å². The lowest BCUT2D eigenvalue weighted by molar-refractivity contribution is -0.230. The van der Waals surface area contributed by atoms with E-state index in [2.05, 4.69) is 34.5 Å². The molecule has 4 heterocycles. The van der Waals surface area contributed by atoms with Gasteiger partial charge in [-0.15, -0.1) is 0 Å². The zero-order chi connectivity index (χ0) is 27.2. The molecule has 3 amide bonds. The Morgan fingerprint density at radius 2 is 1.87 bits per heavy atom. The van der Waals surface area contributed by atoms with Gasteiger partial charge in [0, 0.05) is 24.9 Å². The van der Waals surface area contributed by atoms with E-state index in [0.29, 0.717) is 5.56 Å². The lowest BCUT2D eigenvalue weighted by Crippen LogP contribution is -2.78. The van der Waals surface area contributed by atoms with Crippen molar-refractivity contribution >= 4 is 29.6 Å². The Hall–Kier alpha value is -3.71. The molecule has 0 radical (unpaired) electrons. The third-order valence-electron chi connectivity index (χ3n) is 8.78. The van der Waals surface area contributed by atoms with Crippen LogP contribution in [0.4, 0.5) is 0 Å². The van der Waals surface area contributed by atoms with Gasteiger partial charge in [-0.2, -0.15) is 0 Å². The molecule has 0 saturated carbocycles. The first-order valence-corrected chi connectivity index (χ1v) is 12.8. The molecule has 13 nitrogen and oxygen atoms in total. The molecular weight excluding hydrogens is 492 g/mol. The van der Waals surface area contributed by atoms with Gasteiger partial charge in [-0.25, -0.2) is 9.98 Å². The number of fused-ring (bicyclic) bond motifs is 1. The number of carbonyl (C=O) groups is 3. The number of nitrogens with zero attached hydrogens (tertiary/aromatic N) is 4. The summed E-state index contributed by atoms with van der Waals surface area (Å²) in [6.07, 6.45) is 1.87. The number of hydrogen-bond acceptors (Lipinski definition) is 11. The van der Waals surface area contributed by atoms with E-state index in [1.807, 2.05) is 12.1 Å². The minimum atomic E-state index is -2.60. The van der Waals surface area contributed by atoms with Crippen molar-refractivity contribution in [1.82, 2.24) is 20.4 Å². The Balaban J connectivity index is 1.31. The molecule has 0 aromatic heterocycles. The largest absolute Gasteiger partial charge is 0.370 e. The first kappa shape index (κ1) is 24.6. The van der Waals surface area contributed by atoms with Crippen LogP contribution in [0.25, 0.3) is 0 Å². The molecule has 5 aliphatic rings. The number of amides is 3. The lowest BCUT2D eigenvalue weighted by Gasteiger charge is -2.49. The highest BCUT2D eigenvalue weighted by Gasteiger charge is 2.73. The van der Waals surface area contributed by atoms with E-state index in [1.54, 1.807) is 6.07 Å². The summed E-state index contributed by atoms with van der Waals surface area (Å²) in [5.41, 5.74) is 13.1. The highest BCUT2D eigenvalue weighted by molar-refractivity contribution is 6.02. The molecule has 2 fully saturated rings. The van der Waals surface area contributed by atoms with Crippen molar-refractivity contribution in [3.63, 3.8) is 0 Å². The Bertz CT molecular complexity index is 1310. The smallest absolute Gasteiger partial charge is 0.252 e. The van der Waals surface area contributed by atoms with E-state index >= 15 is 0 Å². The molecule has 1 aliphatic carbocycles. The highest BCUT2D eigenvalue weighted by Crippen LogP contribution is 2.45. The molecule has 6 rings (SSSR count). The topological polar surface area (TPSA) is 199 Å². The Morgan fingerprint density at radius 1 is 1.16 bits per heavy atom. The number of aliphatic hydroxyl groups is 2. The Kier molecular flexibility index (Phi) is 5.12. The van der Waals surface area contributed by atoms with E-state index in [0.717, 1.165) is 28.9 Å². The molecule has 4 aliphatic heterocycles. The van der Waals surface area contributed by atoms with Crippen molar-refractivity contribution in [3.8, 4) is 0 Å². The molecule has 1 aromatic rings. The van der Waals surface area contributed by atoms with Gasteiger partial charge in [-0.05, 0) is 35.4 Å². The van der Waals surface area contributed by atoms with Crippen LogP contribution in [0.5, 0.6) is 0 Å². The van der Waals surface area contributed by atoms with E-state index < -0.39 is 35.5 Å². The molecule has 1 spiro atoms. The number of rotatable bonds is 4. The third kappa shape index (κ3) is 3.21. The van der Waals surface area contributed by atoms with Crippen LogP contribution in [0.1, 0.15) is 54.6 Å². The lowest BCUT2D eigenvalue weighted by atomic mass is 9.84. The molecule has 0 bridgehead atoms. The van der Waals surface area contributed by atoms with Crippen LogP contribution < -0.4 is 22.1 Å². The van der Waals surface area contributed by atoms with Gasteiger partial charge in [0.1, 0.15) is 12.1 Å². The monoisotopic (exact) mass is 524 g/mol. The molecule has 1 unspecified atom stereocenters. The molecule has 8 N–H and O–H groups in total. The van der Waals surface area contributed by atoms with Crippen molar-refractivity contribution in [1.29, 1.82) is 0 Å². The summed E-state index contributed by atoms with van der Waals surface area (Å²) in [4.78, 5) is 49.4. The number of guanidine groups is 2. The van der Waals surface area contributed by atoms with Crippen LogP contribution in [-0.2, 0) is 21.4 Å². The summed E-state index contributed by atoms with van der Waals surface area (Å²) in [7, 11) is 0. The maximum Gasteiger partial charge on any atom is 0.252 e. The summed E-state index contributed by atoms with van der Waals surface area (Å²) in [5.74, 6) is -3.83. The maximum absolute atomic E-state index is 13.5. The van der Waals surface area contributed by atoms with Crippen molar-refractivity contribution in [2.75, 3.05) is 13.1 Å². The molecule has 13 heteroatoms. The summed E-state index contributed by atoms with van der Waals surface area (Å²) >= 11 is 0. The second-order valence-corrected chi connectivity index (χ2v) is 11.4. The van der Waals surface area contributed by atoms with Crippen LogP contribution in [0, 0.1) is 0 Å². The predicted molar refractivity (Wildman–Crippen MR) is 136 cm³/mol. The average molecular weight is 525 g/mol. The van der Waals surface area contributed by atoms with Gasteiger partial charge in [-0.1, -0.05) is 26.0 Å². The number of nitrogens with two attached hydrogens (primary N) is 2. The number of imide groups is 1. The van der Waals surface area contributed by atoms with E-state index in [-0.39, 0.29) is 55.1 Å². The van der Waals surface area contributed by atoms with Gasteiger partial charge in [0.15, 0.2) is 17.6 Å². The number of likely N-dealkylation sites (tertiary alicyclic amines) is 1. The van der Waals surface area contributed by atoms with Gasteiger partial charge in [-0.3, -0.25) is 19.3 Å². The molecule has 2 saturated heterocycles. The van der Waals surface area contributed by atoms with Gasteiger partial charge >= 0.3 is 0 Å². The van der Waals surface area contributed by atoms with Crippen LogP contribution in [-0.4, -0.2) is 92.3 Å². The summed E-state index contributed by atoms with van der Waals surface area (Å²) in [6.45, 7) is 4.06. The highest BCUT2D eigenvalue weighted by atomic mass is 16.5. The summed E-state index contributed by atoms with van der Waals surface area (Å²) in [5, 5.41) is 29.0. The first-order valence-electron chi connectivity index (χ1n) is 12.8. The molecule has 38 heavy (non-hydrogen) atoms. The number of benzene rings is 1. The van der Waals surface area contributed by atoms with E-state index in [1.165, 1.54) is 4.90 Å². The van der Waals surface area contributed by atoms with E-state index in [9.17, 15) is 24.6 Å². The fourth-order valence-corrected chi connectivity index (χ4v) is 6.76. The second-order valence-electron chi connectivity index (χ2n) is 11.4. The minimum Gasteiger partial charge on any atom is -0.370 e. The van der Waals surface area contributed by atoms with Crippen LogP contribution in [0.3, 0.4) is 0 Å². The molecule has 1 aromatic carbocycles. The normalized spacial score (nSPS) is 32.4. The van der Waals surface area contributed by atoms with Crippen molar-refractivity contribution < 1.29 is 24.6 Å². The molecule has 202 valence electrons. The predicted octanol–water partition coefficient (Wildman–Crippen LogP) is -2.17. The van der Waals surface area contributed by atoms with E-state index in [4.69, 9.17) is 11.5 Å². The third-order valence-corrected chi connectivity index (χ3v) is 8.78. The summed E-state index contributed by atoms with van der Waals surface area (Å²) in [6, 6.07) is 2.52. The van der Waals surface area contributed by atoms with Crippen LogP contribution >= 0.6 is 0 Å². The van der Waals surface area contributed by atoms with Gasteiger partial charge in [0.2, 0.25) is 17.6 Å². The molecular formula is C25H32N8O5. The number of aliphatic imine (C=N–C) groups is 2. The summed E-state index contributed by atoms with van der Waals surface area (Å²) < 4.78 is 0. The van der Waals surface area contributed by atoms with Gasteiger partial charge < -0.3 is 37.2 Å². The fourth-order valence-electron chi connectivity index (χ4n) is 6.76.